The van der Waals surface area contributed by atoms with Crippen LogP contribution in [-0.4, -0.2) is 22.4 Å². The number of nitrogens with one attached hydrogen (secondary N) is 1. The molecule has 1 aromatic carbocycles. The first-order valence-electron chi connectivity index (χ1n) is 6.60. The van der Waals surface area contributed by atoms with E-state index in [2.05, 4.69) is 16.5 Å². The Hall–Kier alpha value is -2.30. The highest BCUT2D eigenvalue weighted by Crippen LogP contribution is 2.14. The number of benzene rings is 1. The lowest BCUT2D eigenvalue weighted by Gasteiger charge is -2.09. The van der Waals surface area contributed by atoms with Crippen molar-refractivity contribution < 1.29 is 9.53 Å². The molecule has 0 spiro atoms. The van der Waals surface area contributed by atoms with Gasteiger partial charge >= 0.3 is 5.97 Å². The van der Waals surface area contributed by atoms with E-state index >= 15 is 0 Å². The van der Waals surface area contributed by atoms with Gasteiger partial charge in [0.2, 0.25) is 0 Å². The lowest BCUT2D eigenvalue weighted by molar-refractivity contribution is 0.0525. The molecule has 0 aliphatic heterocycles. The molecule has 1 aromatic heterocycles. The van der Waals surface area contributed by atoms with E-state index in [1.807, 2.05) is 32.2 Å². The zero-order chi connectivity index (χ0) is 14.5. The Bertz CT molecular complexity index is 605. The van der Waals surface area contributed by atoms with Crippen LogP contribution in [0.4, 0.5) is 5.69 Å². The summed E-state index contributed by atoms with van der Waals surface area (Å²) in [5.74, 6) is -0.332. The summed E-state index contributed by atoms with van der Waals surface area (Å²) in [5.41, 5.74) is 3.52. The summed E-state index contributed by atoms with van der Waals surface area (Å²) in [4.78, 5) is 11.8. The van der Waals surface area contributed by atoms with Gasteiger partial charge in [0.1, 0.15) is 5.56 Å². The van der Waals surface area contributed by atoms with Crippen LogP contribution in [0.25, 0.3) is 0 Å². The summed E-state index contributed by atoms with van der Waals surface area (Å²) in [6, 6.07) is 8.08. The fraction of sp³-hybridized carbons (Fsp3) is 0.333. The van der Waals surface area contributed by atoms with Gasteiger partial charge in [-0.15, -0.1) is 0 Å². The molecule has 1 N–H and O–H groups in total. The average molecular weight is 273 g/mol. The third-order valence-electron chi connectivity index (χ3n) is 3.03. The maximum Gasteiger partial charge on any atom is 0.341 e. The van der Waals surface area contributed by atoms with Crippen LogP contribution in [0, 0.1) is 6.92 Å². The molecule has 1 heterocycles. The molecule has 0 bridgehead atoms. The van der Waals surface area contributed by atoms with Crippen LogP contribution in [0.15, 0.2) is 30.5 Å². The number of anilines is 1. The van der Waals surface area contributed by atoms with Crippen LogP contribution in [0.2, 0.25) is 0 Å². The normalized spacial score (nSPS) is 10.3. The molecule has 0 saturated carbocycles. The van der Waals surface area contributed by atoms with Gasteiger partial charge in [-0.05, 0) is 31.5 Å². The summed E-state index contributed by atoms with van der Waals surface area (Å²) in [7, 11) is 1.82. The highest BCUT2D eigenvalue weighted by Gasteiger charge is 2.16. The van der Waals surface area contributed by atoms with E-state index in [0.29, 0.717) is 18.7 Å². The molecule has 0 amide bonds. The minimum absolute atomic E-state index is 0.332. The fourth-order valence-electron chi connectivity index (χ4n) is 1.99. The number of aryl methyl sites for hydroxylation is 2. The van der Waals surface area contributed by atoms with E-state index in [-0.39, 0.29) is 5.97 Å². The highest BCUT2D eigenvalue weighted by molar-refractivity contribution is 5.90. The minimum atomic E-state index is -0.332. The third-order valence-corrected chi connectivity index (χ3v) is 3.03. The molecule has 0 aliphatic rings. The van der Waals surface area contributed by atoms with Gasteiger partial charge in [-0.1, -0.05) is 12.1 Å². The molecule has 0 radical (unpaired) electrons. The van der Waals surface area contributed by atoms with E-state index in [4.69, 9.17) is 4.74 Å². The number of carbonyl (C=O) groups excluding carboxylic acids is 1. The summed E-state index contributed by atoms with van der Waals surface area (Å²) in [6.07, 6.45) is 1.55. The van der Waals surface area contributed by atoms with E-state index < -0.39 is 0 Å². The van der Waals surface area contributed by atoms with Gasteiger partial charge < -0.3 is 10.1 Å². The quantitative estimate of drug-likeness (QED) is 0.850. The van der Waals surface area contributed by atoms with Crippen molar-refractivity contribution in [2.24, 2.45) is 7.05 Å². The Morgan fingerprint density at radius 3 is 2.95 bits per heavy atom. The molecule has 5 nitrogen and oxygen atoms in total. The van der Waals surface area contributed by atoms with Crippen LogP contribution in [0.5, 0.6) is 0 Å². The van der Waals surface area contributed by atoms with Gasteiger partial charge in [-0.25, -0.2) is 4.79 Å². The zero-order valence-electron chi connectivity index (χ0n) is 12.0. The van der Waals surface area contributed by atoms with Crippen molar-refractivity contribution in [2.45, 2.75) is 20.4 Å². The Kier molecular flexibility index (Phi) is 4.40. The Labute approximate surface area is 118 Å². The number of rotatable bonds is 5. The Morgan fingerprint density at radius 2 is 2.25 bits per heavy atom. The molecule has 2 aromatic rings. The SMILES string of the molecule is CCOC(=O)c1cnn(C)c1CNc1cccc(C)c1. The Balaban J connectivity index is 2.13. The molecular formula is C15H19N3O2. The summed E-state index contributed by atoms with van der Waals surface area (Å²) in [6.45, 7) is 4.71. The first-order chi connectivity index (χ1) is 9.61. The first-order valence-corrected chi connectivity index (χ1v) is 6.60. The van der Waals surface area contributed by atoms with Gasteiger partial charge in [0.05, 0.1) is 25.0 Å². The third kappa shape index (κ3) is 3.17. The number of hydrogen-bond donors (Lipinski definition) is 1. The van der Waals surface area contributed by atoms with Gasteiger partial charge in [0.15, 0.2) is 0 Å². The Morgan fingerprint density at radius 1 is 1.45 bits per heavy atom. The molecule has 0 aliphatic carbocycles. The summed E-state index contributed by atoms with van der Waals surface area (Å²) in [5, 5.41) is 7.42. The van der Waals surface area contributed by atoms with E-state index in [1.54, 1.807) is 17.8 Å². The van der Waals surface area contributed by atoms with E-state index in [1.165, 1.54) is 5.56 Å². The standard InChI is InChI=1S/C15H19N3O2/c1-4-20-15(19)13-9-17-18(3)14(13)10-16-12-7-5-6-11(2)8-12/h5-9,16H,4,10H2,1-3H3. The summed E-state index contributed by atoms with van der Waals surface area (Å²) >= 11 is 0. The maximum atomic E-state index is 11.8. The largest absolute Gasteiger partial charge is 0.462 e. The maximum absolute atomic E-state index is 11.8. The van der Waals surface area contributed by atoms with Crippen molar-refractivity contribution in [3.8, 4) is 0 Å². The van der Waals surface area contributed by atoms with Crippen molar-refractivity contribution in [1.82, 2.24) is 9.78 Å². The van der Waals surface area contributed by atoms with Crippen molar-refractivity contribution in [3.05, 3.63) is 47.3 Å². The second-order valence-electron chi connectivity index (χ2n) is 4.57. The lowest BCUT2D eigenvalue weighted by atomic mass is 10.2. The molecular weight excluding hydrogens is 254 g/mol. The lowest BCUT2D eigenvalue weighted by Crippen LogP contribution is -2.12. The number of aromatic nitrogens is 2. The van der Waals surface area contributed by atoms with Crippen LogP contribution >= 0.6 is 0 Å². The molecule has 106 valence electrons. The van der Waals surface area contributed by atoms with Gasteiger partial charge in [-0.3, -0.25) is 4.68 Å². The summed E-state index contributed by atoms with van der Waals surface area (Å²) < 4.78 is 6.72. The van der Waals surface area contributed by atoms with Crippen LogP contribution in [0.3, 0.4) is 0 Å². The molecule has 0 saturated heterocycles. The minimum Gasteiger partial charge on any atom is -0.462 e. The second-order valence-corrected chi connectivity index (χ2v) is 4.57. The topological polar surface area (TPSA) is 56.1 Å². The number of hydrogen-bond acceptors (Lipinski definition) is 4. The van der Waals surface area contributed by atoms with E-state index in [9.17, 15) is 4.79 Å². The number of esters is 1. The number of nitrogens with zero attached hydrogens (tertiary/aromatic N) is 2. The van der Waals surface area contributed by atoms with Gasteiger partial charge in [0, 0.05) is 12.7 Å². The van der Waals surface area contributed by atoms with Crippen LogP contribution < -0.4 is 5.32 Å². The van der Waals surface area contributed by atoms with Crippen molar-refractivity contribution in [1.29, 1.82) is 0 Å². The molecule has 2 rings (SSSR count). The van der Waals surface area contributed by atoms with Gasteiger partial charge in [-0.2, -0.15) is 5.10 Å². The van der Waals surface area contributed by atoms with Gasteiger partial charge in [0.25, 0.3) is 0 Å². The fourth-order valence-corrected chi connectivity index (χ4v) is 1.99. The van der Waals surface area contributed by atoms with Crippen molar-refractivity contribution >= 4 is 11.7 Å². The molecule has 20 heavy (non-hydrogen) atoms. The predicted molar refractivity (Wildman–Crippen MR) is 77.7 cm³/mol. The molecule has 0 fully saturated rings. The zero-order valence-corrected chi connectivity index (χ0v) is 12.0. The monoisotopic (exact) mass is 273 g/mol. The highest BCUT2D eigenvalue weighted by atomic mass is 16.5. The van der Waals surface area contributed by atoms with Crippen molar-refractivity contribution in [3.63, 3.8) is 0 Å². The second kappa shape index (κ2) is 6.23. The molecule has 0 unspecified atom stereocenters. The average Bonchev–Trinajstić information content (AvgIpc) is 2.78. The molecule has 0 atom stereocenters. The van der Waals surface area contributed by atoms with Crippen LogP contribution in [-0.2, 0) is 18.3 Å². The van der Waals surface area contributed by atoms with Crippen molar-refractivity contribution in [2.75, 3.05) is 11.9 Å². The predicted octanol–water partition coefficient (Wildman–Crippen LogP) is 2.52. The smallest absolute Gasteiger partial charge is 0.341 e. The first kappa shape index (κ1) is 14.1. The molecule has 5 heteroatoms. The number of ether oxygens (including phenoxy) is 1. The van der Waals surface area contributed by atoms with Crippen LogP contribution in [0.1, 0.15) is 28.5 Å². The number of carbonyl (C=O) groups is 1. The van der Waals surface area contributed by atoms with E-state index in [0.717, 1.165) is 11.4 Å².